The lowest BCUT2D eigenvalue weighted by molar-refractivity contribution is 0.130. The minimum atomic E-state index is -0.477. The maximum absolute atomic E-state index is 9.48. The third-order valence-electron chi connectivity index (χ3n) is 2.81. The quantitative estimate of drug-likeness (QED) is 0.564. The van der Waals surface area contributed by atoms with E-state index < -0.39 is 6.10 Å². The molecule has 0 spiro atoms. The first-order valence-corrected chi connectivity index (χ1v) is 4.46. The van der Waals surface area contributed by atoms with Crippen molar-refractivity contribution < 1.29 is 5.11 Å². The average molecular weight is 181 g/mol. The van der Waals surface area contributed by atoms with Gasteiger partial charge >= 0.3 is 0 Å². The topological polar surface area (TPSA) is 20.2 Å². The second kappa shape index (κ2) is 2.02. The van der Waals surface area contributed by atoms with Crippen molar-refractivity contribution in [2.45, 2.75) is 35.6 Å². The summed E-state index contributed by atoms with van der Waals surface area (Å²) in [5, 5.41) is 9.39. The molecule has 2 aliphatic rings. The van der Waals surface area contributed by atoms with Crippen LogP contribution in [0.2, 0.25) is 0 Å². The zero-order valence-corrected chi connectivity index (χ0v) is 7.07. The van der Waals surface area contributed by atoms with Gasteiger partial charge in [-0.2, -0.15) is 0 Å². The Bertz CT molecular complexity index is 162. The van der Waals surface area contributed by atoms with E-state index in [9.17, 15) is 5.11 Å². The van der Waals surface area contributed by atoms with E-state index in [1.54, 1.807) is 0 Å². The summed E-state index contributed by atoms with van der Waals surface area (Å²) in [6.07, 6.45) is 2.46. The van der Waals surface area contributed by atoms with E-state index >= 15 is 0 Å². The molecule has 1 N–H and O–H groups in total. The van der Waals surface area contributed by atoms with Crippen molar-refractivity contribution in [1.82, 2.24) is 0 Å². The molecule has 0 amide bonds. The number of rotatable bonds is 0. The highest BCUT2D eigenvalue weighted by Crippen LogP contribution is 2.53. The molecule has 4 atom stereocenters. The van der Waals surface area contributed by atoms with Crippen LogP contribution < -0.4 is 0 Å². The predicted octanol–water partition coefficient (Wildman–Crippen LogP) is 1.75. The SMILES string of the molecule is OC1C(Cl)C2CCC1(Cl)C2. The van der Waals surface area contributed by atoms with Crippen molar-refractivity contribution in [3.63, 3.8) is 0 Å². The molecule has 0 aromatic rings. The maximum Gasteiger partial charge on any atom is 0.0897 e. The molecule has 2 saturated carbocycles. The molecular weight excluding hydrogens is 171 g/mol. The molecule has 0 radical (unpaired) electrons. The normalized spacial score (nSPS) is 59.7. The van der Waals surface area contributed by atoms with Gasteiger partial charge in [0.25, 0.3) is 0 Å². The second-order valence-electron chi connectivity index (χ2n) is 3.43. The van der Waals surface area contributed by atoms with E-state index in [2.05, 4.69) is 0 Å². The Balaban J connectivity index is 2.25. The molecule has 3 heteroatoms. The number of aliphatic hydroxyl groups is 1. The van der Waals surface area contributed by atoms with Crippen molar-refractivity contribution in [2.75, 3.05) is 0 Å². The van der Waals surface area contributed by atoms with E-state index in [1.807, 2.05) is 0 Å². The smallest absolute Gasteiger partial charge is 0.0897 e. The van der Waals surface area contributed by atoms with Gasteiger partial charge in [0.2, 0.25) is 0 Å². The third-order valence-corrected chi connectivity index (χ3v) is 3.98. The minimum Gasteiger partial charge on any atom is -0.390 e. The number of hydrogen-bond donors (Lipinski definition) is 1. The maximum atomic E-state index is 9.48. The highest BCUT2D eigenvalue weighted by molar-refractivity contribution is 6.28. The van der Waals surface area contributed by atoms with Crippen molar-refractivity contribution in [2.24, 2.45) is 5.92 Å². The van der Waals surface area contributed by atoms with E-state index in [0.717, 1.165) is 19.3 Å². The summed E-state index contributed by atoms with van der Waals surface area (Å²) >= 11 is 12.0. The van der Waals surface area contributed by atoms with Crippen molar-refractivity contribution in [3.8, 4) is 0 Å². The molecule has 58 valence electrons. The predicted molar refractivity (Wildman–Crippen MR) is 41.6 cm³/mol. The Morgan fingerprint density at radius 2 is 2.20 bits per heavy atom. The van der Waals surface area contributed by atoms with Gasteiger partial charge in [-0.15, -0.1) is 23.2 Å². The van der Waals surface area contributed by atoms with Crippen molar-refractivity contribution in [1.29, 1.82) is 0 Å². The van der Waals surface area contributed by atoms with Crippen LogP contribution in [0.5, 0.6) is 0 Å². The largest absolute Gasteiger partial charge is 0.390 e. The van der Waals surface area contributed by atoms with Gasteiger partial charge in [-0.3, -0.25) is 0 Å². The van der Waals surface area contributed by atoms with Gasteiger partial charge in [0, 0.05) is 0 Å². The lowest BCUT2D eigenvalue weighted by atomic mass is 9.97. The third kappa shape index (κ3) is 0.744. The first-order valence-electron chi connectivity index (χ1n) is 3.64. The van der Waals surface area contributed by atoms with Crippen molar-refractivity contribution in [3.05, 3.63) is 0 Å². The minimum absolute atomic E-state index is 0.0914. The number of hydrogen-bond acceptors (Lipinski definition) is 1. The summed E-state index contributed by atoms with van der Waals surface area (Å²) in [6.45, 7) is 0. The summed E-state index contributed by atoms with van der Waals surface area (Å²) in [5.74, 6) is 0.467. The zero-order valence-electron chi connectivity index (χ0n) is 5.56. The van der Waals surface area contributed by atoms with Crippen LogP contribution in [-0.2, 0) is 0 Å². The molecular formula is C7H10Cl2O. The van der Waals surface area contributed by atoms with E-state index in [1.165, 1.54) is 0 Å². The van der Waals surface area contributed by atoms with E-state index in [-0.39, 0.29) is 10.3 Å². The van der Waals surface area contributed by atoms with Gasteiger partial charge < -0.3 is 5.11 Å². The van der Waals surface area contributed by atoms with E-state index in [0.29, 0.717) is 5.92 Å². The fraction of sp³-hybridized carbons (Fsp3) is 1.00. The molecule has 2 rings (SSSR count). The summed E-state index contributed by atoms with van der Waals surface area (Å²) in [4.78, 5) is -0.364. The molecule has 10 heavy (non-hydrogen) atoms. The van der Waals surface area contributed by atoms with Crippen LogP contribution in [0, 0.1) is 5.92 Å². The number of halogens is 2. The zero-order chi connectivity index (χ0) is 7.35. The molecule has 0 heterocycles. The summed E-state index contributed by atoms with van der Waals surface area (Å²) in [6, 6.07) is 0. The Hall–Kier alpha value is 0.540. The molecule has 0 saturated heterocycles. The monoisotopic (exact) mass is 180 g/mol. The molecule has 2 aliphatic carbocycles. The summed E-state index contributed by atoms with van der Waals surface area (Å²) < 4.78 is 0. The van der Waals surface area contributed by atoms with Crippen LogP contribution in [0.15, 0.2) is 0 Å². The first kappa shape index (κ1) is 7.20. The fourth-order valence-corrected chi connectivity index (χ4v) is 3.11. The molecule has 2 fully saturated rings. The number of fused-ring (bicyclic) bond motifs is 2. The molecule has 0 aromatic carbocycles. The van der Waals surface area contributed by atoms with Crippen LogP contribution in [0.1, 0.15) is 19.3 Å². The van der Waals surface area contributed by atoms with Crippen LogP contribution in [-0.4, -0.2) is 21.5 Å². The molecule has 2 bridgehead atoms. The second-order valence-corrected chi connectivity index (χ2v) is 4.68. The first-order chi connectivity index (χ1) is 4.63. The fourth-order valence-electron chi connectivity index (χ4n) is 2.15. The lowest BCUT2D eigenvalue weighted by Gasteiger charge is -2.27. The Kier molecular flexibility index (Phi) is 1.46. The van der Waals surface area contributed by atoms with Crippen molar-refractivity contribution >= 4 is 23.2 Å². The Morgan fingerprint density at radius 3 is 2.50 bits per heavy atom. The van der Waals surface area contributed by atoms with Gasteiger partial charge in [-0.1, -0.05) is 0 Å². The van der Waals surface area contributed by atoms with Gasteiger partial charge in [0.05, 0.1) is 16.4 Å². The van der Waals surface area contributed by atoms with Gasteiger partial charge in [-0.25, -0.2) is 0 Å². The highest BCUT2D eigenvalue weighted by atomic mass is 35.5. The van der Waals surface area contributed by atoms with Crippen LogP contribution in [0.25, 0.3) is 0 Å². The highest BCUT2D eigenvalue weighted by Gasteiger charge is 2.55. The summed E-state index contributed by atoms with van der Waals surface area (Å²) in [7, 11) is 0. The standard InChI is InChI=1S/C7H10Cl2O/c8-5-4-1-2-7(9,3-4)6(5)10/h4-6,10H,1-3H2. The van der Waals surface area contributed by atoms with Gasteiger partial charge in [0.15, 0.2) is 0 Å². The van der Waals surface area contributed by atoms with Gasteiger partial charge in [0.1, 0.15) is 0 Å². The Labute approximate surface area is 70.3 Å². The van der Waals surface area contributed by atoms with Crippen LogP contribution in [0.4, 0.5) is 0 Å². The summed E-state index contributed by atoms with van der Waals surface area (Å²) in [5.41, 5.74) is 0. The number of alkyl halides is 2. The van der Waals surface area contributed by atoms with Gasteiger partial charge in [-0.05, 0) is 25.2 Å². The molecule has 4 unspecified atom stereocenters. The van der Waals surface area contributed by atoms with E-state index in [4.69, 9.17) is 23.2 Å². The average Bonchev–Trinajstić information content (AvgIpc) is 2.35. The number of aliphatic hydroxyl groups excluding tert-OH is 1. The molecule has 0 aliphatic heterocycles. The van der Waals surface area contributed by atoms with Crippen LogP contribution in [0.3, 0.4) is 0 Å². The lowest BCUT2D eigenvalue weighted by Crippen LogP contribution is -2.37. The molecule has 1 nitrogen and oxygen atoms in total. The molecule has 0 aromatic heterocycles. The Morgan fingerprint density at radius 1 is 1.50 bits per heavy atom. The van der Waals surface area contributed by atoms with Crippen LogP contribution >= 0.6 is 23.2 Å².